The highest BCUT2D eigenvalue weighted by molar-refractivity contribution is 6.41. The van der Waals surface area contributed by atoms with Crippen LogP contribution in [-0.4, -0.2) is 0 Å². The van der Waals surface area contributed by atoms with Gasteiger partial charge in [-0.1, -0.05) is 248 Å². The third-order valence-electron chi connectivity index (χ3n) is 15.9. The van der Waals surface area contributed by atoms with Gasteiger partial charge in [0.1, 0.15) is 0 Å². The van der Waals surface area contributed by atoms with E-state index in [4.69, 9.17) is 0 Å². The van der Waals surface area contributed by atoms with Crippen molar-refractivity contribution in [1.82, 2.24) is 0 Å². The van der Waals surface area contributed by atoms with E-state index in [0.717, 1.165) is 45.3 Å². The number of nitrogens with zero attached hydrogens (tertiary/aromatic N) is 2. The van der Waals surface area contributed by atoms with Gasteiger partial charge in [0.15, 0.2) is 0 Å². The second kappa shape index (κ2) is 20.6. The summed E-state index contributed by atoms with van der Waals surface area (Å²) in [5.74, 6) is 0. The summed E-state index contributed by atoms with van der Waals surface area (Å²) in [7, 11) is 0. The van der Waals surface area contributed by atoms with Crippen LogP contribution in [-0.2, 0) is 0 Å². The van der Waals surface area contributed by atoms with E-state index in [2.05, 4.69) is 327 Å². The maximum atomic E-state index is 2.47. The molecule has 0 saturated carbocycles. The molecular formula is C78H56N2. The molecule has 378 valence electrons. The largest absolute Gasteiger partial charge is 0.310 e. The number of fused-ring (bicyclic) bond motifs is 4. The third-order valence-corrected chi connectivity index (χ3v) is 15.9. The van der Waals surface area contributed by atoms with Gasteiger partial charge in [-0.05, 0) is 157 Å². The van der Waals surface area contributed by atoms with E-state index >= 15 is 0 Å². The first kappa shape index (κ1) is 48.1. The number of anilines is 6. The zero-order chi connectivity index (χ0) is 53.5. The van der Waals surface area contributed by atoms with E-state index in [9.17, 15) is 0 Å². The van der Waals surface area contributed by atoms with Crippen LogP contribution in [0.15, 0.2) is 291 Å². The normalized spacial score (nSPS) is 12.0. The molecule has 0 spiro atoms. The number of benzene rings is 14. The van der Waals surface area contributed by atoms with Crippen molar-refractivity contribution in [1.29, 1.82) is 0 Å². The first-order chi connectivity index (χ1) is 39.5. The second-order valence-corrected chi connectivity index (χ2v) is 21.0. The average Bonchev–Trinajstić information content (AvgIpc) is 3.71. The van der Waals surface area contributed by atoms with Gasteiger partial charge in [-0.15, -0.1) is 0 Å². The fourth-order valence-electron chi connectivity index (χ4n) is 12.1. The summed E-state index contributed by atoms with van der Waals surface area (Å²) in [6, 6.07) is 107. The molecule has 0 atom stereocenters. The van der Waals surface area contributed by atoms with Gasteiger partial charge in [0.2, 0.25) is 0 Å². The van der Waals surface area contributed by atoms with Crippen LogP contribution in [0.2, 0.25) is 0 Å². The first-order valence-electron chi connectivity index (χ1n) is 27.7. The van der Waals surface area contributed by atoms with Crippen LogP contribution in [0.3, 0.4) is 0 Å². The zero-order valence-electron chi connectivity index (χ0n) is 44.8. The molecule has 0 amide bonds. The van der Waals surface area contributed by atoms with Crippen molar-refractivity contribution in [3.8, 4) is 0 Å². The van der Waals surface area contributed by atoms with Crippen LogP contribution in [0.1, 0.15) is 44.5 Å². The summed E-state index contributed by atoms with van der Waals surface area (Å²) in [6.07, 6.45) is 4.63. The third kappa shape index (κ3) is 8.74. The van der Waals surface area contributed by atoms with Crippen LogP contribution >= 0.6 is 0 Å². The summed E-state index contributed by atoms with van der Waals surface area (Å²) in [5, 5.41) is 12.3. The molecule has 14 aromatic rings. The zero-order valence-corrected chi connectivity index (χ0v) is 44.8. The van der Waals surface area contributed by atoms with Crippen molar-refractivity contribution in [3.63, 3.8) is 0 Å². The first-order valence-corrected chi connectivity index (χ1v) is 27.7. The van der Waals surface area contributed by atoms with Crippen molar-refractivity contribution in [3.05, 3.63) is 336 Å². The summed E-state index contributed by atoms with van der Waals surface area (Å²) in [4.78, 5) is 4.90. The fraction of sp³-hybridized carbons (Fsp3) is 0.0256. The van der Waals surface area contributed by atoms with Gasteiger partial charge in [0.05, 0.1) is 11.4 Å². The smallest absolute Gasteiger partial charge is 0.0619 e. The number of hydrogen-bond donors (Lipinski definition) is 0. The van der Waals surface area contributed by atoms with Gasteiger partial charge in [-0.2, -0.15) is 0 Å². The Morgan fingerprint density at radius 1 is 0.250 bits per heavy atom. The monoisotopic (exact) mass is 1020 g/mol. The molecule has 0 radical (unpaired) electrons. The highest BCUT2D eigenvalue weighted by Crippen LogP contribution is 2.52. The van der Waals surface area contributed by atoms with Crippen molar-refractivity contribution in [2.45, 2.75) is 13.8 Å². The lowest BCUT2D eigenvalue weighted by Gasteiger charge is -2.30. The molecule has 2 nitrogen and oxygen atoms in total. The topological polar surface area (TPSA) is 6.48 Å². The van der Waals surface area contributed by atoms with E-state index in [1.54, 1.807) is 0 Å². The molecule has 2 heteroatoms. The molecular weight excluding hydrogens is 965 g/mol. The van der Waals surface area contributed by atoms with Crippen molar-refractivity contribution >= 4 is 111 Å². The standard InChI is InChI=1S/C78H56N2/c1-53-33-41-59(42-34-53)72(57-19-7-3-8-20-57)51-55-37-45-63(46-38-55)79(61-23-11-5-12-24-61)74-50-49-67-65-29-17-32-71-77(65)76(70-31-18-30-69(74)75(67)70)66-27-15-16-28-68(66)78(71)80(62-25-13-6-14-26-62)64-47-39-56(40-48-64)52-73(58-21-9-4-10-22-58)60-43-35-54(2)36-44-60/h3-52H,1-2H3. The molecule has 0 aliphatic carbocycles. The van der Waals surface area contributed by atoms with Gasteiger partial charge in [-0.3, -0.25) is 0 Å². The van der Waals surface area contributed by atoms with E-state index in [1.165, 1.54) is 98.4 Å². The van der Waals surface area contributed by atoms with Gasteiger partial charge >= 0.3 is 0 Å². The molecule has 0 saturated heterocycles. The van der Waals surface area contributed by atoms with Gasteiger partial charge in [-0.25, -0.2) is 0 Å². The molecule has 0 heterocycles. The molecule has 0 aliphatic rings. The van der Waals surface area contributed by atoms with Crippen LogP contribution in [0, 0.1) is 13.8 Å². The maximum absolute atomic E-state index is 2.47. The summed E-state index contributed by atoms with van der Waals surface area (Å²) < 4.78 is 0. The Kier molecular flexibility index (Phi) is 12.4. The Morgan fingerprint density at radius 3 is 1.15 bits per heavy atom. The fourth-order valence-corrected chi connectivity index (χ4v) is 12.1. The van der Waals surface area contributed by atoms with E-state index in [1.807, 2.05) is 0 Å². The van der Waals surface area contributed by atoms with Crippen LogP contribution in [0.4, 0.5) is 34.1 Å². The predicted octanol–water partition coefficient (Wildman–Crippen LogP) is 21.6. The van der Waals surface area contributed by atoms with Gasteiger partial charge in [0.25, 0.3) is 0 Å². The maximum Gasteiger partial charge on any atom is 0.0619 e. The highest BCUT2D eigenvalue weighted by Gasteiger charge is 2.25. The minimum Gasteiger partial charge on any atom is -0.310 e. The second-order valence-electron chi connectivity index (χ2n) is 21.0. The molecule has 0 fully saturated rings. The summed E-state index contributed by atoms with van der Waals surface area (Å²) in [6.45, 7) is 4.28. The highest BCUT2D eigenvalue weighted by atomic mass is 15.1. The van der Waals surface area contributed by atoms with Crippen LogP contribution in [0.5, 0.6) is 0 Å². The number of hydrogen-bond acceptors (Lipinski definition) is 2. The molecule has 0 aromatic heterocycles. The minimum absolute atomic E-state index is 1.09. The Balaban J connectivity index is 0.930. The average molecular weight is 1020 g/mol. The van der Waals surface area contributed by atoms with Gasteiger partial charge < -0.3 is 9.80 Å². The molecule has 0 bridgehead atoms. The van der Waals surface area contributed by atoms with Crippen molar-refractivity contribution in [2.24, 2.45) is 0 Å². The molecule has 0 unspecified atom stereocenters. The molecule has 80 heavy (non-hydrogen) atoms. The molecule has 0 aliphatic heterocycles. The SMILES string of the molecule is Cc1ccc(C(=Cc2ccc(N(c3ccccc3)c3ccc4c5cccc6c(N(c7ccccc7)c7ccc(C=C(c8ccccc8)c8ccc(C)cc8)cc7)c7ccccc7c(c7cccc3c47)c65)cc2)c2ccccc2)cc1. The Morgan fingerprint density at radius 2 is 0.613 bits per heavy atom. The van der Waals surface area contributed by atoms with E-state index in [-0.39, 0.29) is 0 Å². The van der Waals surface area contributed by atoms with Crippen molar-refractivity contribution in [2.75, 3.05) is 9.80 Å². The quantitative estimate of drug-likeness (QED) is 0.0684. The Bertz CT molecular complexity index is 4580. The van der Waals surface area contributed by atoms with Gasteiger partial charge in [0, 0.05) is 44.3 Å². The number of para-hydroxylation sites is 2. The molecule has 0 N–H and O–H groups in total. The number of rotatable bonds is 12. The van der Waals surface area contributed by atoms with E-state index < -0.39 is 0 Å². The summed E-state index contributed by atoms with van der Waals surface area (Å²) in [5.41, 5.74) is 18.6. The lowest BCUT2D eigenvalue weighted by molar-refractivity contribution is 1.30. The molecule has 14 rings (SSSR count). The molecule has 14 aromatic carbocycles. The predicted molar refractivity (Wildman–Crippen MR) is 344 cm³/mol. The van der Waals surface area contributed by atoms with Crippen molar-refractivity contribution < 1.29 is 0 Å². The van der Waals surface area contributed by atoms with Crippen LogP contribution in [0.25, 0.3) is 77.2 Å². The Hall–Kier alpha value is -10.3. The Labute approximate surface area is 468 Å². The summed E-state index contributed by atoms with van der Waals surface area (Å²) >= 11 is 0. The minimum atomic E-state index is 1.09. The lowest BCUT2D eigenvalue weighted by atomic mass is 9.85. The van der Waals surface area contributed by atoms with Crippen LogP contribution < -0.4 is 9.80 Å². The number of aryl methyl sites for hydroxylation is 2. The van der Waals surface area contributed by atoms with E-state index in [0.29, 0.717) is 0 Å². The lowest BCUT2D eigenvalue weighted by Crippen LogP contribution is -2.11.